The number of benzene rings is 1. The van der Waals surface area contributed by atoms with Gasteiger partial charge in [-0.1, -0.05) is 0 Å². The average Bonchev–Trinajstić information content (AvgIpc) is 2.93. The summed E-state index contributed by atoms with van der Waals surface area (Å²) in [5, 5.41) is 13.7. The van der Waals surface area contributed by atoms with Crippen molar-refractivity contribution in [3.8, 4) is 0 Å². The second kappa shape index (κ2) is 6.05. The highest BCUT2D eigenvalue weighted by Crippen LogP contribution is 2.20. The molecule has 7 heteroatoms. The third-order valence-electron chi connectivity index (χ3n) is 3.02. The molecule has 0 atom stereocenters. The smallest absolute Gasteiger partial charge is 0.251 e. The van der Waals surface area contributed by atoms with Crippen molar-refractivity contribution in [2.75, 3.05) is 18.1 Å². The lowest BCUT2D eigenvalue weighted by atomic mass is 10.1. The molecule has 2 rings (SSSR count). The van der Waals surface area contributed by atoms with Crippen LogP contribution in [0.4, 0.5) is 11.4 Å². The summed E-state index contributed by atoms with van der Waals surface area (Å²) in [6, 6.07) is 5.12. The van der Waals surface area contributed by atoms with Crippen molar-refractivity contribution >= 4 is 17.3 Å². The van der Waals surface area contributed by atoms with Gasteiger partial charge < -0.3 is 20.9 Å². The number of nitrogens with zero attached hydrogens (tertiary/aromatic N) is 3. The predicted octanol–water partition coefficient (Wildman–Crippen LogP) is 0.852. The Hall–Kier alpha value is -2.57. The van der Waals surface area contributed by atoms with Crippen molar-refractivity contribution in [2.24, 2.45) is 0 Å². The van der Waals surface area contributed by atoms with Gasteiger partial charge in [-0.15, -0.1) is 10.2 Å². The summed E-state index contributed by atoms with van der Waals surface area (Å²) in [5.41, 5.74) is 7.75. The van der Waals surface area contributed by atoms with E-state index in [4.69, 9.17) is 5.73 Å². The van der Waals surface area contributed by atoms with Crippen LogP contribution in [0.25, 0.3) is 0 Å². The lowest BCUT2D eigenvalue weighted by molar-refractivity contribution is 0.0963. The summed E-state index contributed by atoms with van der Waals surface area (Å²) in [5.74, 6) is 0.669. The Bertz CT molecular complexity index is 607. The number of aryl methyl sites for hydroxylation is 1. The van der Waals surface area contributed by atoms with Crippen molar-refractivity contribution in [2.45, 2.75) is 20.0 Å². The maximum absolute atomic E-state index is 11.6. The molecule has 4 N–H and O–H groups in total. The summed E-state index contributed by atoms with van der Waals surface area (Å²) < 4.78 is 1.94. The molecule has 0 spiro atoms. The van der Waals surface area contributed by atoms with E-state index in [2.05, 4.69) is 20.8 Å². The van der Waals surface area contributed by atoms with Gasteiger partial charge in [0, 0.05) is 19.2 Å². The number of rotatable bonds is 5. The summed E-state index contributed by atoms with van der Waals surface area (Å²) in [4.78, 5) is 11.6. The molecule has 0 radical (unpaired) electrons. The van der Waals surface area contributed by atoms with Gasteiger partial charge in [-0.3, -0.25) is 4.79 Å². The summed E-state index contributed by atoms with van der Waals surface area (Å²) >= 11 is 0. The third kappa shape index (κ3) is 2.87. The topological polar surface area (TPSA) is 97.9 Å². The second-order valence-electron chi connectivity index (χ2n) is 4.27. The van der Waals surface area contributed by atoms with E-state index in [0.29, 0.717) is 23.5 Å². The van der Waals surface area contributed by atoms with Gasteiger partial charge in [-0.25, -0.2) is 0 Å². The number of aromatic nitrogens is 3. The van der Waals surface area contributed by atoms with Crippen molar-refractivity contribution in [3.63, 3.8) is 0 Å². The van der Waals surface area contributed by atoms with E-state index < -0.39 is 0 Å². The lowest BCUT2D eigenvalue weighted by Crippen LogP contribution is -2.18. The van der Waals surface area contributed by atoms with Gasteiger partial charge in [0.15, 0.2) is 5.82 Å². The first-order valence-corrected chi connectivity index (χ1v) is 6.37. The fourth-order valence-electron chi connectivity index (χ4n) is 1.85. The minimum atomic E-state index is -0.148. The van der Waals surface area contributed by atoms with Gasteiger partial charge in [0.25, 0.3) is 5.91 Å². The second-order valence-corrected chi connectivity index (χ2v) is 4.27. The number of amides is 1. The van der Waals surface area contributed by atoms with Crippen LogP contribution in [0.15, 0.2) is 24.5 Å². The highest BCUT2D eigenvalue weighted by molar-refractivity contribution is 5.96. The molecular formula is C13H18N6O. The van der Waals surface area contributed by atoms with Crippen LogP contribution in [0.3, 0.4) is 0 Å². The molecule has 106 valence electrons. The standard InChI is InChI=1S/C13H18N6O/c1-3-19-8-17-18-12(19)7-16-11-6-9(13(20)15-2)4-5-10(11)14/h4-6,8,16H,3,7,14H2,1-2H3,(H,15,20). The molecule has 0 aliphatic heterocycles. The Morgan fingerprint density at radius 3 is 2.95 bits per heavy atom. The summed E-state index contributed by atoms with van der Waals surface area (Å²) in [6.07, 6.45) is 1.68. The molecule has 1 aromatic heterocycles. The molecule has 1 aromatic carbocycles. The Balaban J connectivity index is 2.14. The van der Waals surface area contributed by atoms with E-state index in [-0.39, 0.29) is 5.91 Å². The van der Waals surface area contributed by atoms with E-state index in [1.807, 2.05) is 11.5 Å². The Morgan fingerprint density at radius 2 is 2.25 bits per heavy atom. The fraction of sp³-hybridized carbons (Fsp3) is 0.308. The number of nitrogens with one attached hydrogen (secondary N) is 2. The van der Waals surface area contributed by atoms with E-state index in [0.717, 1.165) is 12.4 Å². The largest absolute Gasteiger partial charge is 0.397 e. The molecule has 0 saturated carbocycles. The van der Waals surface area contributed by atoms with Gasteiger partial charge in [0.2, 0.25) is 0 Å². The van der Waals surface area contributed by atoms with Gasteiger partial charge in [0.1, 0.15) is 6.33 Å². The van der Waals surface area contributed by atoms with Crippen molar-refractivity contribution < 1.29 is 4.79 Å². The zero-order chi connectivity index (χ0) is 14.5. The van der Waals surface area contributed by atoms with Crippen LogP contribution in [-0.4, -0.2) is 27.7 Å². The average molecular weight is 274 g/mol. The Morgan fingerprint density at radius 1 is 1.45 bits per heavy atom. The van der Waals surface area contributed by atoms with E-state index in [1.165, 1.54) is 0 Å². The maximum atomic E-state index is 11.6. The molecule has 0 saturated heterocycles. The SMILES string of the molecule is CCn1cnnc1CNc1cc(C(=O)NC)ccc1N. The molecule has 20 heavy (non-hydrogen) atoms. The van der Waals surface area contributed by atoms with Crippen LogP contribution in [-0.2, 0) is 13.1 Å². The molecule has 7 nitrogen and oxygen atoms in total. The fourth-order valence-corrected chi connectivity index (χ4v) is 1.85. The van der Waals surface area contributed by atoms with Gasteiger partial charge >= 0.3 is 0 Å². The lowest BCUT2D eigenvalue weighted by Gasteiger charge is -2.11. The third-order valence-corrected chi connectivity index (χ3v) is 3.02. The number of nitrogen functional groups attached to an aromatic ring is 1. The van der Waals surface area contributed by atoms with Crippen molar-refractivity contribution in [1.82, 2.24) is 20.1 Å². The molecule has 0 aliphatic carbocycles. The van der Waals surface area contributed by atoms with Crippen molar-refractivity contribution in [1.29, 1.82) is 0 Å². The minimum absolute atomic E-state index is 0.148. The quantitative estimate of drug-likeness (QED) is 0.702. The molecular weight excluding hydrogens is 256 g/mol. The van der Waals surface area contributed by atoms with Gasteiger partial charge in [-0.05, 0) is 25.1 Å². The van der Waals surface area contributed by atoms with Gasteiger partial charge in [0.05, 0.1) is 17.9 Å². The molecule has 2 aromatic rings. The molecule has 1 amide bonds. The molecule has 0 unspecified atom stereocenters. The number of anilines is 2. The summed E-state index contributed by atoms with van der Waals surface area (Å²) in [6.45, 7) is 3.32. The van der Waals surface area contributed by atoms with Crippen LogP contribution in [0.2, 0.25) is 0 Å². The minimum Gasteiger partial charge on any atom is -0.397 e. The van der Waals surface area contributed by atoms with Crippen LogP contribution in [0.1, 0.15) is 23.1 Å². The number of nitrogens with two attached hydrogens (primary N) is 1. The molecule has 1 heterocycles. The number of hydrogen-bond donors (Lipinski definition) is 3. The number of carbonyl (C=O) groups is 1. The summed E-state index contributed by atoms with van der Waals surface area (Å²) in [7, 11) is 1.59. The number of hydrogen-bond acceptors (Lipinski definition) is 5. The van der Waals surface area contributed by atoms with Crippen molar-refractivity contribution in [3.05, 3.63) is 35.9 Å². The van der Waals surface area contributed by atoms with E-state index in [1.54, 1.807) is 31.6 Å². The van der Waals surface area contributed by atoms with Crippen LogP contribution in [0.5, 0.6) is 0 Å². The first-order valence-electron chi connectivity index (χ1n) is 6.37. The molecule has 0 fully saturated rings. The van der Waals surface area contributed by atoms with E-state index >= 15 is 0 Å². The molecule has 0 aliphatic rings. The highest BCUT2D eigenvalue weighted by Gasteiger charge is 2.08. The zero-order valence-electron chi connectivity index (χ0n) is 11.6. The van der Waals surface area contributed by atoms with Crippen LogP contribution in [0, 0.1) is 0 Å². The van der Waals surface area contributed by atoms with E-state index in [9.17, 15) is 4.79 Å². The first kappa shape index (κ1) is 13.9. The maximum Gasteiger partial charge on any atom is 0.251 e. The van der Waals surface area contributed by atoms with Crippen LogP contribution < -0.4 is 16.4 Å². The van der Waals surface area contributed by atoms with Crippen LogP contribution >= 0.6 is 0 Å². The van der Waals surface area contributed by atoms with Gasteiger partial charge in [-0.2, -0.15) is 0 Å². The normalized spacial score (nSPS) is 10.3. The predicted molar refractivity (Wildman–Crippen MR) is 77.3 cm³/mol. The monoisotopic (exact) mass is 274 g/mol. The highest BCUT2D eigenvalue weighted by atomic mass is 16.1. The molecule has 0 bridgehead atoms. The number of carbonyl (C=O) groups excluding carboxylic acids is 1. The zero-order valence-corrected chi connectivity index (χ0v) is 11.6. The Labute approximate surface area is 117 Å². The first-order chi connectivity index (χ1) is 9.65. The Kier molecular flexibility index (Phi) is 4.19.